The fraction of sp³-hybridized carbons (Fsp3) is 0.625. The molecule has 1 saturated heterocycles. The van der Waals surface area contributed by atoms with E-state index < -0.39 is 12.8 Å². The number of carbonyl (C=O) groups is 1. The highest BCUT2D eigenvalue weighted by Gasteiger charge is 2.32. The number of halogens is 3. The van der Waals surface area contributed by atoms with Gasteiger partial charge in [0.05, 0.1) is 12.2 Å². The first kappa shape index (κ1) is 19.5. The summed E-state index contributed by atoms with van der Waals surface area (Å²) in [5.41, 5.74) is 0.152. The summed E-state index contributed by atoms with van der Waals surface area (Å²) in [6.07, 6.45) is -1.44. The number of hydrogen-bond acceptors (Lipinski definition) is 5. The lowest BCUT2D eigenvalue weighted by Crippen LogP contribution is -2.47. The van der Waals surface area contributed by atoms with Crippen molar-refractivity contribution in [2.24, 2.45) is 5.41 Å². The number of hydrogen-bond donors (Lipinski definition) is 2. The molecule has 0 bridgehead atoms. The lowest BCUT2D eigenvalue weighted by Gasteiger charge is -2.37. The van der Waals surface area contributed by atoms with Gasteiger partial charge in [0, 0.05) is 31.3 Å². The standard InChI is InChI=1S/C16H22F3N3O3/c1-24-10-15(4-6-20-7-5-15)9-22-14(23)12-2-3-13(21-8-12)25-11-16(17,18)19/h2-3,8,20H,4-7,9-11H2,1H3,(H,22,23). The molecule has 1 aromatic heterocycles. The minimum atomic E-state index is -4.43. The van der Waals surface area contributed by atoms with Gasteiger partial charge in [0.15, 0.2) is 6.61 Å². The molecule has 25 heavy (non-hydrogen) atoms. The number of nitrogens with one attached hydrogen (secondary N) is 2. The molecule has 1 aromatic rings. The molecule has 6 nitrogen and oxygen atoms in total. The maximum atomic E-state index is 12.2. The Kier molecular flexibility index (Phi) is 6.60. The molecule has 0 radical (unpaired) electrons. The lowest BCUT2D eigenvalue weighted by atomic mass is 9.79. The highest BCUT2D eigenvalue weighted by molar-refractivity contribution is 5.93. The highest BCUT2D eigenvalue weighted by atomic mass is 19.4. The first-order valence-electron chi connectivity index (χ1n) is 7.97. The zero-order chi connectivity index (χ0) is 18.3. The van der Waals surface area contributed by atoms with Gasteiger partial charge in [-0.25, -0.2) is 4.98 Å². The Bertz CT molecular complexity index is 552. The smallest absolute Gasteiger partial charge is 0.422 e. The van der Waals surface area contributed by atoms with Crippen LogP contribution in [0.15, 0.2) is 18.3 Å². The summed E-state index contributed by atoms with van der Waals surface area (Å²) in [5.74, 6) is -0.507. The Morgan fingerprint density at radius 1 is 1.36 bits per heavy atom. The average Bonchev–Trinajstić information content (AvgIpc) is 2.59. The maximum Gasteiger partial charge on any atom is 0.422 e. The van der Waals surface area contributed by atoms with Crippen LogP contribution in [-0.4, -0.2) is 57.0 Å². The minimum Gasteiger partial charge on any atom is -0.468 e. The van der Waals surface area contributed by atoms with Gasteiger partial charge in [0.25, 0.3) is 5.91 Å². The minimum absolute atomic E-state index is 0.112. The number of amides is 1. The van der Waals surface area contributed by atoms with Crippen LogP contribution in [0.5, 0.6) is 5.88 Å². The van der Waals surface area contributed by atoms with E-state index in [9.17, 15) is 18.0 Å². The van der Waals surface area contributed by atoms with Crippen molar-refractivity contribution >= 4 is 5.91 Å². The van der Waals surface area contributed by atoms with Crippen molar-refractivity contribution in [3.05, 3.63) is 23.9 Å². The Morgan fingerprint density at radius 3 is 2.64 bits per heavy atom. The van der Waals surface area contributed by atoms with Gasteiger partial charge in [-0.05, 0) is 32.0 Å². The average molecular weight is 361 g/mol. The van der Waals surface area contributed by atoms with Crippen LogP contribution in [0.2, 0.25) is 0 Å². The lowest BCUT2D eigenvalue weighted by molar-refractivity contribution is -0.154. The number of pyridine rings is 1. The van der Waals surface area contributed by atoms with Crippen LogP contribution in [0.25, 0.3) is 0 Å². The molecule has 0 aromatic carbocycles. The van der Waals surface area contributed by atoms with Crippen molar-refractivity contribution in [1.82, 2.24) is 15.6 Å². The molecule has 1 aliphatic heterocycles. The van der Waals surface area contributed by atoms with Gasteiger partial charge < -0.3 is 20.1 Å². The molecule has 0 spiro atoms. The SMILES string of the molecule is COCC1(CNC(=O)c2ccc(OCC(F)(F)F)nc2)CCNCC1. The van der Waals surface area contributed by atoms with Gasteiger partial charge >= 0.3 is 6.18 Å². The number of ether oxygens (including phenoxy) is 2. The molecule has 1 aliphatic rings. The van der Waals surface area contributed by atoms with E-state index in [0.29, 0.717) is 13.2 Å². The molecule has 1 amide bonds. The summed E-state index contributed by atoms with van der Waals surface area (Å²) in [7, 11) is 1.63. The maximum absolute atomic E-state index is 12.2. The molecule has 0 aliphatic carbocycles. The van der Waals surface area contributed by atoms with Crippen LogP contribution in [0, 0.1) is 5.41 Å². The number of nitrogens with zero attached hydrogens (tertiary/aromatic N) is 1. The van der Waals surface area contributed by atoms with Crippen LogP contribution < -0.4 is 15.4 Å². The number of rotatable bonds is 7. The van der Waals surface area contributed by atoms with Crippen molar-refractivity contribution in [3.8, 4) is 5.88 Å². The molecule has 0 saturated carbocycles. The third-order valence-corrected chi connectivity index (χ3v) is 4.12. The summed E-state index contributed by atoms with van der Waals surface area (Å²) in [4.78, 5) is 16.0. The number of alkyl halides is 3. The van der Waals surface area contributed by atoms with E-state index in [-0.39, 0.29) is 22.8 Å². The highest BCUT2D eigenvalue weighted by Crippen LogP contribution is 2.28. The summed E-state index contributed by atoms with van der Waals surface area (Å²) >= 11 is 0. The van der Waals surface area contributed by atoms with E-state index in [1.807, 2.05) is 0 Å². The Balaban J connectivity index is 1.89. The van der Waals surface area contributed by atoms with Gasteiger partial charge in [-0.15, -0.1) is 0 Å². The van der Waals surface area contributed by atoms with Crippen LogP contribution in [0.3, 0.4) is 0 Å². The largest absolute Gasteiger partial charge is 0.468 e. The van der Waals surface area contributed by atoms with E-state index in [1.165, 1.54) is 18.3 Å². The summed E-state index contributed by atoms with van der Waals surface area (Å²) in [5, 5.41) is 6.14. The quantitative estimate of drug-likeness (QED) is 0.774. The number of aromatic nitrogens is 1. The van der Waals surface area contributed by atoms with E-state index in [0.717, 1.165) is 25.9 Å². The van der Waals surface area contributed by atoms with Crippen LogP contribution in [-0.2, 0) is 4.74 Å². The van der Waals surface area contributed by atoms with Gasteiger partial charge in [-0.2, -0.15) is 13.2 Å². The molecule has 140 valence electrons. The number of piperidine rings is 1. The second kappa shape index (κ2) is 8.48. The zero-order valence-corrected chi connectivity index (χ0v) is 14.0. The van der Waals surface area contributed by atoms with E-state index in [4.69, 9.17) is 4.74 Å². The summed E-state index contributed by atoms with van der Waals surface area (Å²) in [6.45, 7) is 1.34. The molecular formula is C16H22F3N3O3. The fourth-order valence-corrected chi connectivity index (χ4v) is 2.76. The second-order valence-electron chi connectivity index (χ2n) is 6.15. The molecule has 0 atom stereocenters. The van der Waals surface area contributed by atoms with Crippen LogP contribution in [0.1, 0.15) is 23.2 Å². The van der Waals surface area contributed by atoms with E-state index in [1.54, 1.807) is 7.11 Å². The van der Waals surface area contributed by atoms with Crippen LogP contribution >= 0.6 is 0 Å². The van der Waals surface area contributed by atoms with E-state index in [2.05, 4.69) is 20.4 Å². The number of carbonyl (C=O) groups excluding carboxylic acids is 1. The van der Waals surface area contributed by atoms with Gasteiger partial charge in [0.1, 0.15) is 0 Å². The molecule has 2 N–H and O–H groups in total. The fourth-order valence-electron chi connectivity index (χ4n) is 2.76. The summed E-state index contributed by atoms with van der Waals surface area (Å²) in [6, 6.07) is 2.63. The second-order valence-corrected chi connectivity index (χ2v) is 6.15. The van der Waals surface area contributed by atoms with Crippen molar-refractivity contribution in [1.29, 1.82) is 0 Å². The Labute approximate surface area is 144 Å². The molecule has 2 heterocycles. The molecule has 0 unspecified atom stereocenters. The third kappa shape index (κ3) is 6.17. The topological polar surface area (TPSA) is 72.5 Å². The van der Waals surface area contributed by atoms with Crippen molar-refractivity contribution in [2.75, 3.05) is 40.0 Å². The Hall–Kier alpha value is -1.87. The first-order chi connectivity index (χ1) is 11.8. The van der Waals surface area contributed by atoms with Crippen molar-refractivity contribution < 1.29 is 27.4 Å². The van der Waals surface area contributed by atoms with Crippen LogP contribution in [0.4, 0.5) is 13.2 Å². The third-order valence-electron chi connectivity index (χ3n) is 4.12. The zero-order valence-electron chi connectivity index (χ0n) is 14.0. The van der Waals surface area contributed by atoms with Gasteiger partial charge in [0.2, 0.25) is 5.88 Å². The summed E-state index contributed by atoms with van der Waals surface area (Å²) < 4.78 is 46.1. The molecular weight excluding hydrogens is 339 g/mol. The molecule has 9 heteroatoms. The van der Waals surface area contributed by atoms with Gasteiger partial charge in [-0.3, -0.25) is 4.79 Å². The molecule has 2 rings (SSSR count). The monoisotopic (exact) mass is 361 g/mol. The van der Waals surface area contributed by atoms with E-state index >= 15 is 0 Å². The normalized spacial score (nSPS) is 17.1. The Morgan fingerprint density at radius 2 is 2.08 bits per heavy atom. The van der Waals surface area contributed by atoms with Crippen molar-refractivity contribution in [3.63, 3.8) is 0 Å². The molecule has 1 fully saturated rings. The van der Waals surface area contributed by atoms with Crippen molar-refractivity contribution in [2.45, 2.75) is 19.0 Å². The van der Waals surface area contributed by atoms with Gasteiger partial charge in [-0.1, -0.05) is 0 Å². The predicted octanol–water partition coefficient (Wildman–Crippen LogP) is 1.77. The number of methoxy groups -OCH3 is 1. The first-order valence-corrected chi connectivity index (χ1v) is 7.97. The predicted molar refractivity (Wildman–Crippen MR) is 84.5 cm³/mol.